The fourth-order valence-corrected chi connectivity index (χ4v) is 4.89. The summed E-state index contributed by atoms with van der Waals surface area (Å²) < 4.78 is 5.41. The minimum Gasteiger partial charge on any atom is -0.478 e. The molecule has 0 aromatic carbocycles. The van der Waals surface area contributed by atoms with Crippen LogP contribution in [0.15, 0.2) is 18.3 Å². The Kier molecular flexibility index (Phi) is 5.16. The van der Waals surface area contributed by atoms with Crippen molar-refractivity contribution in [1.82, 2.24) is 14.8 Å². The minimum atomic E-state index is 0.340. The van der Waals surface area contributed by atoms with Gasteiger partial charge in [0.05, 0.1) is 6.61 Å². The van der Waals surface area contributed by atoms with E-state index in [9.17, 15) is 4.79 Å². The molecule has 0 N–H and O–H groups in total. The van der Waals surface area contributed by atoms with Crippen LogP contribution in [0.5, 0.6) is 5.88 Å². The summed E-state index contributed by atoms with van der Waals surface area (Å²) in [6, 6.07) is 4.04. The van der Waals surface area contributed by atoms with E-state index in [1.807, 2.05) is 19.2 Å². The zero-order valence-electron chi connectivity index (χ0n) is 16.0. The van der Waals surface area contributed by atoms with Gasteiger partial charge in [-0.05, 0) is 43.6 Å². The monoisotopic (exact) mass is 357 g/mol. The summed E-state index contributed by atoms with van der Waals surface area (Å²) in [5, 5.41) is 0. The highest BCUT2D eigenvalue weighted by Crippen LogP contribution is 2.63. The highest BCUT2D eigenvalue weighted by molar-refractivity contribution is 5.82. The van der Waals surface area contributed by atoms with Crippen LogP contribution in [-0.4, -0.2) is 53.5 Å². The summed E-state index contributed by atoms with van der Waals surface area (Å²) in [6.45, 7) is 7.31. The maximum absolute atomic E-state index is 12.9. The number of pyridine rings is 1. The van der Waals surface area contributed by atoms with Crippen molar-refractivity contribution in [1.29, 1.82) is 0 Å². The normalized spacial score (nSPS) is 25.3. The quantitative estimate of drug-likeness (QED) is 0.812. The highest BCUT2D eigenvalue weighted by Gasteiger charge is 2.59. The minimum absolute atomic E-state index is 0.340. The number of carbonyl (C=O) groups is 1. The van der Waals surface area contributed by atoms with E-state index in [-0.39, 0.29) is 0 Å². The molecule has 0 radical (unpaired) electrons. The molecule has 2 aliphatic carbocycles. The van der Waals surface area contributed by atoms with Crippen LogP contribution >= 0.6 is 0 Å². The van der Waals surface area contributed by atoms with E-state index in [4.69, 9.17) is 4.74 Å². The van der Waals surface area contributed by atoms with Gasteiger partial charge in [-0.25, -0.2) is 4.98 Å². The first kappa shape index (κ1) is 17.8. The molecule has 2 saturated carbocycles. The number of amides is 1. The molecule has 1 aromatic rings. The summed E-state index contributed by atoms with van der Waals surface area (Å²) in [4.78, 5) is 21.9. The van der Waals surface area contributed by atoms with Gasteiger partial charge >= 0.3 is 0 Å². The molecule has 3 aliphatic rings. The highest BCUT2D eigenvalue weighted by atomic mass is 16.5. The molecule has 1 spiro atoms. The lowest BCUT2D eigenvalue weighted by molar-refractivity contribution is -0.133. The molecule has 5 nitrogen and oxygen atoms in total. The molecule has 4 rings (SSSR count). The van der Waals surface area contributed by atoms with Crippen LogP contribution in [0.4, 0.5) is 0 Å². The second kappa shape index (κ2) is 7.55. The van der Waals surface area contributed by atoms with Crippen LogP contribution in [0.3, 0.4) is 0 Å². The molecule has 2 heterocycles. The Morgan fingerprint density at radius 1 is 1.19 bits per heavy atom. The van der Waals surface area contributed by atoms with Gasteiger partial charge in [-0.1, -0.05) is 18.9 Å². The van der Waals surface area contributed by atoms with E-state index < -0.39 is 0 Å². The second-order valence-electron chi connectivity index (χ2n) is 8.22. The second-order valence-corrected chi connectivity index (χ2v) is 8.22. The first-order valence-electron chi connectivity index (χ1n) is 10.3. The first-order valence-corrected chi connectivity index (χ1v) is 10.3. The maximum Gasteiger partial charge on any atom is 0.226 e. The third-order valence-corrected chi connectivity index (χ3v) is 6.48. The van der Waals surface area contributed by atoms with Gasteiger partial charge in [0.2, 0.25) is 11.8 Å². The summed E-state index contributed by atoms with van der Waals surface area (Å²) in [7, 11) is 0. The number of ether oxygens (including phenoxy) is 1. The standard InChI is InChI=1S/C21H31N3O2/c1-2-26-19-7-6-17(15-22-19)16-23-10-5-11-24(13-12-23)20(25)18-14-21(18)8-3-4-9-21/h6-7,15,18H,2-5,8-14,16H2,1H3. The molecule has 0 bridgehead atoms. The van der Waals surface area contributed by atoms with Gasteiger partial charge in [-0.2, -0.15) is 0 Å². The summed E-state index contributed by atoms with van der Waals surface area (Å²) in [6.07, 6.45) is 9.36. The molecular weight excluding hydrogens is 326 g/mol. The predicted octanol–water partition coefficient (Wildman–Crippen LogP) is 3.09. The number of aromatic nitrogens is 1. The Labute approximate surface area is 156 Å². The van der Waals surface area contributed by atoms with Gasteiger partial charge in [-0.3, -0.25) is 9.69 Å². The molecule has 1 amide bonds. The predicted molar refractivity (Wildman–Crippen MR) is 101 cm³/mol. The van der Waals surface area contributed by atoms with Crippen molar-refractivity contribution in [2.24, 2.45) is 11.3 Å². The lowest BCUT2D eigenvalue weighted by Crippen LogP contribution is -2.37. The number of hydrogen-bond donors (Lipinski definition) is 0. The Morgan fingerprint density at radius 2 is 2.04 bits per heavy atom. The van der Waals surface area contributed by atoms with Crippen LogP contribution in [0.25, 0.3) is 0 Å². The Bertz CT molecular complexity index is 625. The van der Waals surface area contributed by atoms with E-state index in [2.05, 4.69) is 20.9 Å². The van der Waals surface area contributed by atoms with E-state index in [0.717, 1.165) is 45.6 Å². The zero-order chi connectivity index (χ0) is 18.0. The average molecular weight is 357 g/mol. The maximum atomic E-state index is 12.9. The fourth-order valence-electron chi connectivity index (χ4n) is 4.89. The van der Waals surface area contributed by atoms with Crippen molar-refractivity contribution < 1.29 is 9.53 Å². The molecule has 1 saturated heterocycles. The van der Waals surface area contributed by atoms with Crippen LogP contribution in [0.1, 0.15) is 51.0 Å². The third-order valence-electron chi connectivity index (χ3n) is 6.48. The van der Waals surface area contributed by atoms with Gasteiger partial charge in [0, 0.05) is 50.9 Å². The van der Waals surface area contributed by atoms with Crippen molar-refractivity contribution in [3.8, 4) is 5.88 Å². The van der Waals surface area contributed by atoms with Crippen molar-refractivity contribution in [3.63, 3.8) is 0 Å². The number of hydrogen-bond acceptors (Lipinski definition) is 4. The van der Waals surface area contributed by atoms with Gasteiger partial charge in [0.25, 0.3) is 0 Å². The van der Waals surface area contributed by atoms with Crippen molar-refractivity contribution in [3.05, 3.63) is 23.9 Å². The molecular formula is C21H31N3O2. The number of nitrogens with zero attached hydrogens (tertiary/aromatic N) is 3. The lowest BCUT2D eigenvalue weighted by Gasteiger charge is -2.23. The first-order chi connectivity index (χ1) is 12.7. The summed E-state index contributed by atoms with van der Waals surface area (Å²) in [5.74, 6) is 1.47. The van der Waals surface area contributed by atoms with Crippen LogP contribution in [0.2, 0.25) is 0 Å². The lowest BCUT2D eigenvalue weighted by atomic mass is 10.0. The van der Waals surface area contributed by atoms with Crippen molar-refractivity contribution in [2.45, 2.75) is 52.0 Å². The van der Waals surface area contributed by atoms with E-state index in [1.165, 1.54) is 31.2 Å². The zero-order valence-corrected chi connectivity index (χ0v) is 16.0. The molecule has 5 heteroatoms. The molecule has 142 valence electrons. The third kappa shape index (κ3) is 3.73. The topological polar surface area (TPSA) is 45.7 Å². The Hall–Kier alpha value is -1.62. The van der Waals surface area contributed by atoms with Gasteiger partial charge in [-0.15, -0.1) is 0 Å². The van der Waals surface area contributed by atoms with Gasteiger partial charge < -0.3 is 9.64 Å². The summed E-state index contributed by atoms with van der Waals surface area (Å²) in [5.41, 5.74) is 1.62. The molecule has 1 unspecified atom stereocenters. The molecule has 26 heavy (non-hydrogen) atoms. The average Bonchev–Trinajstić information content (AvgIpc) is 3.24. The van der Waals surface area contributed by atoms with Gasteiger partial charge in [0.1, 0.15) is 0 Å². The number of rotatable bonds is 5. The van der Waals surface area contributed by atoms with E-state index >= 15 is 0 Å². The largest absolute Gasteiger partial charge is 0.478 e. The molecule has 1 aliphatic heterocycles. The Balaban J connectivity index is 1.28. The molecule has 1 atom stereocenters. The Morgan fingerprint density at radius 3 is 2.77 bits per heavy atom. The van der Waals surface area contributed by atoms with Crippen molar-refractivity contribution >= 4 is 5.91 Å². The van der Waals surface area contributed by atoms with Crippen LogP contribution in [0, 0.1) is 11.3 Å². The SMILES string of the molecule is CCOc1ccc(CN2CCCN(C(=O)C3CC34CCCC4)CC2)cn1. The summed E-state index contributed by atoms with van der Waals surface area (Å²) >= 11 is 0. The van der Waals surface area contributed by atoms with Crippen LogP contribution in [-0.2, 0) is 11.3 Å². The van der Waals surface area contributed by atoms with Crippen LogP contribution < -0.4 is 4.74 Å². The van der Waals surface area contributed by atoms with E-state index in [0.29, 0.717) is 29.7 Å². The molecule has 1 aromatic heterocycles. The smallest absolute Gasteiger partial charge is 0.226 e. The van der Waals surface area contributed by atoms with Crippen molar-refractivity contribution in [2.75, 3.05) is 32.8 Å². The van der Waals surface area contributed by atoms with E-state index in [1.54, 1.807) is 0 Å². The number of carbonyl (C=O) groups excluding carboxylic acids is 1. The molecule has 3 fully saturated rings. The fraction of sp³-hybridized carbons (Fsp3) is 0.714. The van der Waals surface area contributed by atoms with Gasteiger partial charge in [0.15, 0.2) is 0 Å².